The van der Waals surface area contributed by atoms with Crippen LogP contribution in [0.5, 0.6) is 0 Å². The molecule has 1 unspecified atom stereocenters. The molecular weight excluding hydrogens is 124 g/mol. The minimum Gasteiger partial charge on any atom is -0.222 e. The van der Waals surface area contributed by atoms with Crippen molar-refractivity contribution in [1.82, 2.24) is 5.01 Å². The first-order valence-electron chi connectivity index (χ1n) is 3.39. The molecule has 0 amide bonds. The summed E-state index contributed by atoms with van der Waals surface area (Å²) in [5, 5.41) is 6.08. The number of hydrogen-bond acceptors (Lipinski definition) is 2. The summed E-state index contributed by atoms with van der Waals surface area (Å²) in [6.07, 6.45) is 10.5. The smallest absolute Gasteiger partial charge is 0.162 e. The molecule has 3 aliphatic rings. The minimum absolute atomic E-state index is 0.477. The number of nitrogens with zero attached hydrogens (tertiary/aromatic N) is 2. The lowest BCUT2D eigenvalue weighted by molar-refractivity contribution is 0.761. The molecular formula is C8H6N2. The average Bonchev–Trinajstić information content (AvgIpc) is 2.64. The summed E-state index contributed by atoms with van der Waals surface area (Å²) in [7, 11) is 0. The van der Waals surface area contributed by atoms with Crippen LogP contribution < -0.4 is 0 Å². The number of hydrogen-bond donors (Lipinski definition) is 0. The summed E-state index contributed by atoms with van der Waals surface area (Å²) in [6, 6.07) is 0. The Balaban J connectivity index is 2.12. The largest absolute Gasteiger partial charge is 0.222 e. The number of fused-ring (bicyclic) bond motifs is 3. The van der Waals surface area contributed by atoms with Gasteiger partial charge in [0.2, 0.25) is 0 Å². The molecule has 0 aromatic carbocycles. The predicted octanol–water partition coefficient (Wildman–Crippen LogP) is 1.26. The third kappa shape index (κ3) is 0.386. The molecule has 2 heteroatoms. The summed E-state index contributed by atoms with van der Waals surface area (Å²) in [5.41, 5.74) is 1.37. The maximum atomic E-state index is 4.13. The van der Waals surface area contributed by atoms with Crippen LogP contribution in [0.25, 0.3) is 0 Å². The Labute approximate surface area is 58.8 Å². The van der Waals surface area contributed by atoms with Crippen molar-refractivity contribution in [3.8, 4) is 0 Å². The Kier molecular flexibility index (Phi) is 0.556. The van der Waals surface area contributed by atoms with Gasteiger partial charge < -0.3 is 0 Å². The zero-order valence-corrected chi connectivity index (χ0v) is 5.36. The van der Waals surface area contributed by atoms with Crippen LogP contribution >= 0.6 is 0 Å². The third-order valence-corrected chi connectivity index (χ3v) is 2.02. The molecule has 0 bridgehead atoms. The second-order valence-electron chi connectivity index (χ2n) is 2.65. The van der Waals surface area contributed by atoms with E-state index in [-0.39, 0.29) is 0 Å². The molecule has 1 atom stereocenters. The van der Waals surface area contributed by atoms with Crippen molar-refractivity contribution in [2.75, 3.05) is 0 Å². The van der Waals surface area contributed by atoms with Crippen LogP contribution in [0.3, 0.4) is 0 Å². The highest BCUT2D eigenvalue weighted by Crippen LogP contribution is 2.35. The summed E-state index contributed by atoms with van der Waals surface area (Å²) >= 11 is 0. The van der Waals surface area contributed by atoms with E-state index in [1.165, 1.54) is 11.4 Å². The van der Waals surface area contributed by atoms with E-state index < -0.39 is 0 Å². The second-order valence-corrected chi connectivity index (χ2v) is 2.65. The highest BCUT2D eigenvalue weighted by molar-refractivity contribution is 6.00. The van der Waals surface area contributed by atoms with Gasteiger partial charge in [-0.3, -0.25) is 0 Å². The van der Waals surface area contributed by atoms with Gasteiger partial charge in [-0.25, -0.2) is 5.01 Å². The van der Waals surface area contributed by atoms with Gasteiger partial charge >= 0.3 is 0 Å². The molecule has 0 aromatic heterocycles. The van der Waals surface area contributed by atoms with Crippen molar-refractivity contribution in [3.63, 3.8) is 0 Å². The van der Waals surface area contributed by atoms with Crippen LogP contribution in [0.4, 0.5) is 0 Å². The summed E-state index contributed by atoms with van der Waals surface area (Å²) in [5.74, 6) is 1.68. The number of hydrazone groups is 1. The Hall–Kier alpha value is -1.31. The monoisotopic (exact) mass is 130 g/mol. The lowest BCUT2D eigenvalue weighted by Crippen LogP contribution is -2.03. The first kappa shape index (κ1) is 4.50. The Bertz CT molecular complexity index is 307. The fourth-order valence-electron chi connectivity index (χ4n) is 1.44. The lowest BCUT2D eigenvalue weighted by atomic mass is 9.97. The normalized spacial score (nSPS) is 31.2. The SMILES string of the molecule is C1=CC2=CN3N=C3C2C=C1. The summed E-state index contributed by atoms with van der Waals surface area (Å²) in [4.78, 5) is 0. The van der Waals surface area contributed by atoms with Crippen LogP contribution in [0.15, 0.2) is 41.2 Å². The molecule has 0 aromatic rings. The van der Waals surface area contributed by atoms with E-state index in [1.807, 2.05) is 5.01 Å². The fourth-order valence-corrected chi connectivity index (χ4v) is 1.44. The van der Waals surface area contributed by atoms with E-state index >= 15 is 0 Å². The lowest BCUT2D eigenvalue weighted by Gasteiger charge is -2.04. The van der Waals surface area contributed by atoms with Crippen molar-refractivity contribution < 1.29 is 0 Å². The van der Waals surface area contributed by atoms with Gasteiger partial charge in [-0.15, -0.1) is 0 Å². The highest BCUT2D eigenvalue weighted by Gasteiger charge is 2.38. The summed E-state index contributed by atoms with van der Waals surface area (Å²) in [6.45, 7) is 0. The van der Waals surface area contributed by atoms with Crippen molar-refractivity contribution >= 4 is 5.84 Å². The van der Waals surface area contributed by atoms with E-state index in [9.17, 15) is 0 Å². The molecule has 0 saturated carbocycles. The Morgan fingerprint density at radius 1 is 1.40 bits per heavy atom. The van der Waals surface area contributed by atoms with Gasteiger partial charge in [0.1, 0.15) is 0 Å². The van der Waals surface area contributed by atoms with Gasteiger partial charge in [-0.2, -0.15) is 5.10 Å². The second kappa shape index (κ2) is 1.24. The maximum absolute atomic E-state index is 4.13. The van der Waals surface area contributed by atoms with Crippen molar-refractivity contribution in [2.45, 2.75) is 0 Å². The molecule has 2 aliphatic heterocycles. The molecule has 10 heavy (non-hydrogen) atoms. The van der Waals surface area contributed by atoms with Gasteiger partial charge in [0, 0.05) is 6.20 Å². The molecule has 2 heterocycles. The van der Waals surface area contributed by atoms with Gasteiger partial charge in [0.15, 0.2) is 5.84 Å². The first-order valence-corrected chi connectivity index (χ1v) is 3.39. The standard InChI is InChI=1S/C8H6N2/c1-2-4-7-6(3-1)5-10-8(7)9-10/h1-5,7H. The van der Waals surface area contributed by atoms with E-state index in [4.69, 9.17) is 0 Å². The highest BCUT2D eigenvalue weighted by atomic mass is 15.6. The predicted molar refractivity (Wildman–Crippen MR) is 39.1 cm³/mol. The summed E-state index contributed by atoms with van der Waals surface area (Å²) < 4.78 is 0. The number of amidine groups is 1. The van der Waals surface area contributed by atoms with E-state index in [2.05, 4.69) is 35.6 Å². The molecule has 0 radical (unpaired) electrons. The average molecular weight is 130 g/mol. The molecule has 3 rings (SSSR count). The molecule has 0 spiro atoms. The van der Waals surface area contributed by atoms with E-state index in [0.29, 0.717) is 5.92 Å². The fraction of sp³-hybridized carbons (Fsp3) is 0.125. The van der Waals surface area contributed by atoms with Crippen LogP contribution in [0.1, 0.15) is 0 Å². The van der Waals surface area contributed by atoms with Gasteiger partial charge in [-0.05, 0) is 5.57 Å². The van der Waals surface area contributed by atoms with Crippen LogP contribution in [-0.4, -0.2) is 10.8 Å². The first-order chi connectivity index (χ1) is 4.95. The molecule has 0 saturated heterocycles. The van der Waals surface area contributed by atoms with Crippen LogP contribution in [0.2, 0.25) is 0 Å². The Morgan fingerprint density at radius 3 is 3.30 bits per heavy atom. The quantitative estimate of drug-likeness (QED) is 0.482. The number of rotatable bonds is 0. The molecule has 48 valence electrons. The van der Waals surface area contributed by atoms with Crippen molar-refractivity contribution in [2.24, 2.45) is 11.0 Å². The minimum atomic E-state index is 0.477. The number of allylic oxidation sites excluding steroid dienone is 3. The van der Waals surface area contributed by atoms with Crippen molar-refractivity contribution in [1.29, 1.82) is 0 Å². The topological polar surface area (TPSA) is 15.4 Å². The van der Waals surface area contributed by atoms with E-state index in [1.54, 1.807) is 0 Å². The van der Waals surface area contributed by atoms with Crippen LogP contribution in [0, 0.1) is 5.92 Å². The molecule has 0 fully saturated rings. The van der Waals surface area contributed by atoms with Gasteiger partial charge in [0.05, 0.1) is 5.92 Å². The van der Waals surface area contributed by atoms with E-state index in [0.717, 1.165) is 0 Å². The molecule has 1 aliphatic carbocycles. The molecule has 2 nitrogen and oxygen atoms in total. The Morgan fingerprint density at radius 2 is 2.40 bits per heavy atom. The van der Waals surface area contributed by atoms with Crippen LogP contribution in [-0.2, 0) is 0 Å². The third-order valence-electron chi connectivity index (χ3n) is 2.02. The van der Waals surface area contributed by atoms with Gasteiger partial charge in [0.25, 0.3) is 0 Å². The molecule has 0 N–H and O–H groups in total. The zero-order valence-electron chi connectivity index (χ0n) is 5.36. The van der Waals surface area contributed by atoms with Crippen molar-refractivity contribution in [3.05, 3.63) is 36.1 Å². The maximum Gasteiger partial charge on any atom is 0.162 e. The van der Waals surface area contributed by atoms with Gasteiger partial charge in [-0.1, -0.05) is 24.3 Å². The zero-order chi connectivity index (χ0) is 6.55.